The topological polar surface area (TPSA) is 49.4 Å². The van der Waals surface area contributed by atoms with Crippen molar-refractivity contribution in [2.45, 2.75) is 6.54 Å². The van der Waals surface area contributed by atoms with Crippen molar-refractivity contribution in [2.24, 2.45) is 0 Å². The predicted molar refractivity (Wildman–Crippen MR) is 61.5 cm³/mol. The van der Waals surface area contributed by atoms with Gasteiger partial charge in [-0.05, 0) is 27.4 Å². The summed E-state index contributed by atoms with van der Waals surface area (Å²) in [5.41, 5.74) is 0. The van der Waals surface area contributed by atoms with Crippen LogP contribution in [-0.4, -0.2) is 26.8 Å². The molecule has 0 spiro atoms. The summed E-state index contributed by atoms with van der Waals surface area (Å²) < 4.78 is 27.2. The second kappa shape index (κ2) is 4.71. The molecule has 0 radical (unpaired) electrons. The van der Waals surface area contributed by atoms with E-state index in [-0.39, 0.29) is 0 Å². The van der Waals surface area contributed by atoms with Crippen LogP contribution in [0.1, 0.15) is 4.88 Å². The molecule has 0 saturated heterocycles. The monoisotopic (exact) mass is 298 g/mol. The molecule has 14 heavy (non-hydrogen) atoms. The maximum Gasteiger partial charge on any atom is 0.279 e. The van der Waals surface area contributed by atoms with E-state index >= 15 is 0 Å². The molecule has 0 fully saturated rings. The molecule has 0 aliphatic carbocycles. The first-order valence-corrected chi connectivity index (χ1v) is 6.94. The molecule has 0 bridgehead atoms. The minimum atomic E-state index is -3.32. The molecular formula is C7H11BrN2O2S2. The zero-order valence-electron chi connectivity index (χ0n) is 7.82. The smallest absolute Gasteiger partial charge is 0.197 e. The fraction of sp³-hybridized carbons (Fsp3) is 0.429. The lowest BCUT2D eigenvalue weighted by Gasteiger charge is -2.11. The van der Waals surface area contributed by atoms with Crippen molar-refractivity contribution >= 4 is 37.5 Å². The van der Waals surface area contributed by atoms with Crippen LogP contribution in [0.4, 0.5) is 0 Å². The quantitative estimate of drug-likeness (QED) is 0.914. The highest BCUT2D eigenvalue weighted by Crippen LogP contribution is 2.22. The summed E-state index contributed by atoms with van der Waals surface area (Å²) in [6.07, 6.45) is 0. The molecule has 7 heteroatoms. The van der Waals surface area contributed by atoms with Crippen molar-refractivity contribution in [3.63, 3.8) is 0 Å². The average Bonchev–Trinajstić information content (AvgIpc) is 2.47. The number of hydrogen-bond acceptors (Lipinski definition) is 3. The molecule has 0 saturated carbocycles. The van der Waals surface area contributed by atoms with E-state index in [1.807, 2.05) is 11.4 Å². The van der Waals surface area contributed by atoms with Crippen LogP contribution in [-0.2, 0) is 16.8 Å². The number of nitrogens with zero attached hydrogens (tertiary/aromatic N) is 1. The maximum atomic E-state index is 11.3. The molecule has 80 valence electrons. The van der Waals surface area contributed by atoms with Crippen LogP contribution in [0.2, 0.25) is 0 Å². The van der Waals surface area contributed by atoms with Crippen LogP contribution in [0.15, 0.2) is 15.9 Å². The van der Waals surface area contributed by atoms with Gasteiger partial charge in [0.05, 0.1) is 0 Å². The van der Waals surface area contributed by atoms with E-state index in [0.29, 0.717) is 6.54 Å². The first kappa shape index (κ1) is 12.1. The van der Waals surface area contributed by atoms with Gasteiger partial charge in [-0.2, -0.15) is 17.4 Å². The molecule has 1 rings (SSSR count). The molecule has 0 aromatic carbocycles. The summed E-state index contributed by atoms with van der Waals surface area (Å²) >= 11 is 4.84. The van der Waals surface area contributed by atoms with Crippen LogP contribution >= 0.6 is 27.3 Å². The van der Waals surface area contributed by atoms with Gasteiger partial charge in [-0.3, -0.25) is 0 Å². The van der Waals surface area contributed by atoms with Gasteiger partial charge >= 0.3 is 0 Å². The van der Waals surface area contributed by atoms with E-state index in [1.165, 1.54) is 25.4 Å². The van der Waals surface area contributed by atoms with E-state index in [1.54, 1.807) is 0 Å². The molecule has 0 atom stereocenters. The van der Waals surface area contributed by atoms with Crippen LogP contribution in [0, 0.1) is 0 Å². The van der Waals surface area contributed by atoms with E-state index in [0.717, 1.165) is 13.7 Å². The Kier molecular flexibility index (Phi) is 4.08. The molecule has 0 aliphatic heterocycles. The van der Waals surface area contributed by atoms with Gasteiger partial charge in [0, 0.05) is 30.0 Å². The van der Waals surface area contributed by atoms with Crippen molar-refractivity contribution in [3.8, 4) is 0 Å². The minimum absolute atomic E-state index is 0.318. The van der Waals surface area contributed by atoms with E-state index in [2.05, 4.69) is 20.7 Å². The number of thiophene rings is 1. The maximum absolute atomic E-state index is 11.3. The highest BCUT2D eigenvalue weighted by Gasteiger charge is 2.13. The minimum Gasteiger partial charge on any atom is -0.197 e. The van der Waals surface area contributed by atoms with Gasteiger partial charge in [0.1, 0.15) is 0 Å². The fourth-order valence-corrected chi connectivity index (χ4v) is 2.85. The fourth-order valence-electron chi connectivity index (χ4n) is 0.737. The Morgan fingerprint density at radius 3 is 2.64 bits per heavy atom. The van der Waals surface area contributed by atoms with Gasteiger partial charge < -0.3 is 0 Å². The molecule has 0 aliphatic rings. The largest absolute Gasteiger partial charge is 0.279 e. The Morgan fingerprint density at radius 2 is 2.21 bits per heavy atom. The van der Waals surface area contributed by atoms with Crippen LogP contribution in [0.5, 0.6) is 0 Å². The van der Waals surface area contributed by atoms with E-state index < -0.39 is 10.2 Å². The Bertz CT molecular complexity index is 400. The van der Waals surface area contributed by atoms with Gasteiger partial charge in [-0.15, -0.1) is 11.3 Å². The first-order chi connectivity index (χ1) is 6.43. The third kappa shape index (κ3) is 3.03. The van der Waals surface area contributed by atoms with E-state index in [4.69, 9.17) is 0 Å². The van der Waals surface area contributed by atoms with Crippen molar-refractivity contribution in [1.82, 2.24) is 9.03 Å². The third-order valence-electron chi connectivity index (χ3n) is 1.59. The molecule has 1 aromatic heterocycles. The second-order valence-corrected chi connectivity index (χ2v) is 6.62. The summed E-state index contributed by atoms with van der Waals surface area (Å²) in [7, 11) is -0.338. The van der Waals surface area contributed by atoms with Crippen molar-refractivity contribution in [3.05, 3.63) is 20.8 Å². The molecular weight excluding hydrogens is 288 g/mol. The predicted octanol–water partition coefficient (Wildman–Crippen LogP) is 1.41. The van der Waals surface area contributed by atoms with Crippen LogP contribution < -0.4 is 4.72 Å². The summed E-state index contributed by atoms with van der Waals surface area (Å²) in [6.45, 7) is 0.318. The number of rotatable bonds is 4. The van der Waals surface area contributed by atoms with Crippen molar-refractivity contribution in [2.75, 3.05) is 14.1 Å². The average molecular weight is 299 g/mol. The Balaban J connectivity index is 2.62. The lowest BCUT2D eigenvalue weighted by atomic mass is 10.5. The second-order valence-electron chi connectivity index (χ2n) is 2.80. The van der Waals surface area contributed by atoms with Crippen molar-refractivity contribution < 1.29 is 8.42 Å². The summed E-state index contributed by atoms with van der Waals surface area (Å²) in [4.78, 5) is 0.968. The summed E-state index contributed by atoms with van der Waals surface area (Å²) in [5.74, 6) is 0. The standard InChI is InChI=1S/C7H11BrN2O2S2/c1-10(2)14(11,12)9-5-7-6(8)3-4-13-7/h3-4,9H,5H2,1-2H3. The zero-order chi connectivity index (χ0) is 10.8. The zero-order valence-corrected chi connectivity index (χ0v) is 11.0. The first-order valence-electron chi connectivity index (χ1n) is 3.82. The summed E-state index contributed by atoms with van der Waals surface area (Å²) in [5, 5.41) is 1.91. The van der Waals surface area contributed by atoms with Gasteiger partial charge in [-0.1, -0.05) is 0 Å². The molecule has 1 N–H and O–H groups in total. The molecule has 1 heterocycles. The van der Waals surface area contributed by atoms with Crippen molar-refractivity contribution in [1.29, 1.82) is 0 Å². The van der Waals surface area contributed by atoms with Gasteiger partial charge in [0.2, 0.25) is 0 Å². The Labute approximate surface area is 96.2 Å². The van der Waals surface area contributed by atoms with Crippen LogP contribution in [0.3, 0.4) is 0 Å². The number of halogens is 1. The molecule has 4 nitrogen and oxygen atoms in total. The Morgan fingerprint density at radius 1 is 1.57 bits per heavy atom. The lowest BCUT2D eigenvalue weighted by molar-refractivity contribution is 0.505. The number of nitrogens with one attached hydrogen (secondary N) is 1. The SMILES string of the molecule is CN(C)S(=O)(=O)NCc1sccc1Br. The lowest BCUT2D eigenvalue weighted by Crippen LogP contribution is -2.34. The van der Waals surface area contributed by atoms with Gasteiger partial charge in [0.15, 0.2) is 0 Å². The Hall–Kier alpha value is 0.0500. The third-order valence-corrected chi connectivity index (χ3v) is 4.98. The molecule has 0 unspecified atom stereocenters. The van der Waals surface area contributed by atoms with Crippen LogP contribution in [0.25, 0.3) is 0 Å². The van der Waals surface area contributed by atoms with Gasteiger partial charge in [0.25, 0.3) is 10.2 Å². The highest BCUT2D eigenvalue weighted by atomic mass is 79.9. The molecule has 1 aromatic rings. The van der Waals surface area contributed by atoms with Gasteiger partial charge in [-0.25, -0.2) is 0 Å². The number of hydrogen-bond donors (Lipinski definition) is 1. The summed E-state index contributed by atoms with van der Waals surface area (Å²) in [6, 6.07) is 1.89. The highest BCUT2D eigenvalue weighted by molar-refractivity contribution is 9.10. The normalized spacial score (nSPS) is 12.3. The molecule has 0 amide bonds. The van der Waals surface area contributed by atoms with E-state index in [9.17, 15) is 8.42 Å².